The van der Waals surface area contributed by atoms with Crippen molar-refractivity contribution in [3.63, 3.8) is 0 Å². The van der Waals surface area contributed by atoms with E-state index in [9.17, 15) is 14.0 Å². The van der Waals surface area contributed by atoms with Gasteiger partial charge in [-0.25, -0.2) is 9.18 Å². The van der Waals surface area contributed by atoms with Gasteiger partial charge in [-0.3, -0.25) is 4.79 Å². The fourth-order valence-electron chi connectivity index (χ4n) is 3.14. The standard InChI is InChI=1S/C22H20FN3O4/c1-2-20(30-16-8-5-14(6-9-16)21(27)13-3-4-13)19-12-24-26(25-19)15-7-10-17(22(28)29)18(23)11-15/h5-13,20H,2-4H2,1H3,(H,28,29)/t20-/m1/s1. The summed E-state index contributed by atoms with van der Waals surface area (Å²) in [6.45, 7) is 1.94. The predicted molar refractivity (Wildman–Crippen MR) is 105 cm³/mol. The lowest BCUT2D eigenvalue weighted by atomic mass is 10.1. The van der Waals surface area contributed by atoms with Crippen molar-refractivity contribution in [3.8, 4) is 11.4 Å². The summed E-state index contributed by atoms with van der Waals surface area (Å²) in [7, 11) is 0. The Morgan fingerprint density at radius 1 is 1.23 bits per heavy atom. The quantitative estimate of drug-likeness (QED) is 0.560. The Labute approximate surface area is 172 Å². The van der Waals surface area contributed by atoms with Crippen LogP contribution in [0.15, 0.2) is 48.7 Å². The van der Waals surface area contributed by atoms with Gasteiger partial charge in [-0.05, 0) is 55.7 Å². The first kappa shape index (κ1) is 19.8. The zero-order valence-electron chi connectivity index (χ0n) is 16.3. The van der Waals surface area contributed by atoms with Gasteiger partial charge in [-0.2, -0.15) is 9.90 Å². The maximum absolute atomic E-state index is 14.0. The van der Waals surface area contributed by atoms with Crippen molar-refractivity contribution >= 4 is 11.8 Å². The van der Waals surface area contributed by atoms with Gasteiger partial charge < -0.3 is 9.84 Å². The minimum atomic E-state index is -1.34. The number of ether oxygens (including phenoxy) is 1. The number of aromatic nitrogens is 3. The van der Waals surface area contributed by atoms with Gasteiger partial charge in [0.2, 0.25) is 0 Å². The van der Waals surface area contributed by atoms with Crippen LogP contribution in [0.25, 0.3) is 5.69 Å². The Morgan fingerprint density at radius 2 is 1.97 bits per heavy atom. The maximum Gasteiger partial charge on any atom is 0.338 e. The molecule has 0 saturated heterocycles. The van der Waals surface area contributed by atoms with Crippen LogP contribution >= 0.6 is 0 Å². The van der Waals surface area contributed by atoms with E-state index in [4.69, 9.17) is 9.84 Å². The van der Waals surface area contributed by atoms with E-state index in [1.54, 1.807) is 24.3 Å². The second kappa shape index (κ2) is 8.06. The smallest absolute Gasteiger partial charge is 0.338 e. The van der Waals surface area contributed by atoms with E-state index < -0.39 is 17.3 Å². The molecule has 2 aromatic carbocycles. The number of carboxylic acid groups (broad SMARTS) is 1. The number of ketones is 1. The molecule has 1 heterocycles. The minimum absolute atomic E-state index is 0.171. The van der Waals surface area contributed by atoms with Crippen molar-refractivity contribution in [1.29, 1.82) is 0 Å². The first-order chi connectivity index (χ1) is 14.5. The largest absolute Gasteiger partial charge is 0.484 e. The Kier molecular flexibility index (Phi) is 5.31. The molecule has 1 aliphatic carbocycles. The maximum atomic E-state index is 14.0. The SMILES string of the molecule is CC[C@@H](Oc1ccc(C(=O)C2CC2)cc1)c1cnn(-c2ccc(C(=O)O)c(F)c2)n1. The van der Waals surface area contributed by atoms with E-state index in [0.29, 0.717) is 29.1 Å². The molecule has 1 aromatic heterocycles. The molecule has 1 saturated carbocycles. The first-order valence-electron chi connectivity index (χ1n) is 9.72. The fourth-order valence-corrected chi connectivity index (χ4v) is 3.14. The number of hydrogen-bond acceptors (Lipinski definition) is 5. The molecule has 0 unspecified atom stereocenters. The second-order valence-corrected chi connectivity index (χ2v) is 7.21. The normalized spacial score (nSPS) is 14.3. The van der Waals surface area contributed by atoms with Crippen molar-refractivity contribution in [2.75, 3.05) is 0 Å². The van der Waals surface area contributed by atoms with Crippen molar-refractivity contribution in [2.24, 2.45) is 5.92 Å². The number of rotatable bonds is 8. The molecule has 8 heteroatoms. The molecule has 30 heavy (non-hydrogen) atoms. The van der Waals surface area contributed by atoms with Gasteiger partial charge in [0.25, 0.3) is 0 Å². The number of aromatic carboxylic acids is 1. The molecule has 0 aliphatic heterocycles. The Bertz CT molecular complexity index is 1090. The molecule has 7 nitrogen and oxygen atoms in total. The van der Waals surface area contributed by atoms with Crippen LogP contribution in [-0.4, -0.2) is 31.9 Å². The Balaban J connectivity index is 1.49. The summed E-state index contributed by atoms with van der Waals surface area (Å²) in [4.78, 5) is 24.3. The summed E-state index contributed by atoms with van der Waals surface area (Å²) in [5, 5.41) is 17.4. The van der Waals surface area contributed by atoms with Crippen LogP contribution in [0.2, 0.25) is 0 Å². The van der Waals surface area contributed by atoms with Crippen LogP contribution in [0.5, 0.6) is 5.75 Å². The molecule has 1 atom stereocenters. The third-order valence-electron chi connectivity index (χ3n) is 4.99. The summed E-state index contributed by atoms with van der Waals surface area (Å²) in [6.07, 6.45) is 3.70. The molecule has 0 spiro atoms. The molecule has 1 aliphatic rings. The second-order valence-electron chi connectivity index (χ2n) is 7.21. The number of nitrogens with zero attached hydrogens (tertiary/aromatic N) is 3. The van der Waals surface area contributed by atoms with Gasteiger partial charge in [0.05, 0.1) is 17.4 Å². The van der Waals surface area contributed by atoms with E-state index in [-0.39, 0.29) is 17.8 Å². The van der Waals surface area contributed by atoms with Crippen LogP contribution in [0.3, 0.4) is 0 Å². The van der Waals surface area contributed by atoms with Crippen LogP contribution in [0, 0.1) is 11.7 Å². The Morgan fingerprint density at radius 3 is 2.57 bits per heavy atom. The fraction of sp³-hybridized carbons (Fsp3) is 0.273. The van der Waals surface area contributed by atoms with Gasteiger partial charge in [0.15, 0.2) is 5.78 Å². The highest BCUT2D eigenvalue weighted by atomic mass is 19.1. The molecular formula is C22H20FN3O4. The number of Topliss-reactive ketones (excluding diaryl/α,β-unsaturated/α-hetero) is 1. The molecule has 1 N–H and O–H groups in total. The van der Waals surface area contributed by atoms with Crippen LogP contribution in [0.4, 0.5) is 4.39 Å². The van der Waals surface area contributed by atoms with Crippen LogP contribution in [0.1, 0.15) is 58.7 Å². The molecule has 3 aromatic rings. The molecule has 154 valence electrons. The van der Waals surface area contributed by atoms with Gasteiger partial charge in [0.1, 0.15) is 23.4 Å². The summed E-state index contributed by atoms with van der Waals surface area (Å²) in [6, 6.07) is 10.8. The Hall–Kier alpha value is -3.55. The zero-order chi connectivity index (χ0) is 21.3. The van der Waals surface area contributed by atoms with Crippen LogP contribution < -0.4 is 4.74 Å². The lowest BCUT2D eigenvalue weighted by Gasteiger charge is -2.15. The number of halogens is 1. The first-order valence-corrected chi connectivity index (χ1v) is 9.72. The summed E-state index contributed by atoms with van der Waals surface area (Å²) in [5.41, 5.74) is 1.14. The summed E-state index contributed by atoms with van der Waals surface area (Å²) >= 11 is 0. The lowest BCUT2D eigenvalue weighted by molar-refractivity contribution is 0.0691. The predicted octanol–water partition coefficient (Wildman–Crippen LogP) is 4.23. The third kappa shape index (κ3) is 4.07. The van der Waals surface area contributed by atoms with Gasteiger partial charge in [-0.15, -0.1) is 5.10 Å². The van der Waals surface area contributed by atoms with E-state index >= 15 is 0 Å². The number of carbonyl (C=O) groups is 2. The molecule has 1 fully saturated rings. The third-order valence-corrected chi connectivity index (χ3v) is 4.99. The average Bonchev–Trinajstić information content (AvgIpc) is 3.48. The average molecular weight is 409 g/mol. The summed E-state index contributed by atoms with van der Waals surface area (Å²) < 4.78 is 20.0. The number of carboxylic acids is 1. The lowest BCUT2D eigenvalue weighted by Crippen LogP contribution is -2.09. The van der Waals surface area contributed by atoms with Crippen molar-refractivity contribution in [2.45, 2.75) is 32.3 Å². The highest BCUT2D eigenvalue weighted by Crippen LogP contribution is 2.33. The number of benzene rings is 2. The number of hydrogen-bond donors (Lipinski definition) is 1. The topological polar surface area (TPSA) is 94.3 Å². The minimum Gasteiger partial charge on any atom is -0.484 e. The molecule has 0 radical (unpaired) electrons. The van der Waals surface area contributed by atoms with Gasteiger partial charge in [-0.1, -0.05) is 6.92 Å². The van der Waals surface area contributed by atoms with Gasteiger partial charge in [0, 0.05) is 17.5 Å². The van der Waals surface area contributed by atoms with E-state index in [2.05, 4.69) is 10.2 Å². The highest BCUT2D eigenvalue weighted by molar-refractivity contribution is 5.99. The van der Waals surface area contributed by atoms with Crippen molar-refractivity contribution in [1.82, 2.24) is 15.0 Å². The number of carbonyl (C=O) groups excluding carboxylic acids is 1. The van der Waals surface area contributed by atoms with Crippen molar-refractivity contribution in [3.05, 3.63) is 71.3 Å². The van der Waals surface area contributed by atoms with Gasteiger partial charge >= 0.3 is 5.97 Å². The van der Waals surface area contributed by atoms with Crippen LogP contribution in [-0.2, 0) is 0 Å². The summed E-state index contributed by atoms with van der Waals surface area (Å²) in [5.74, 6) is -1.23. The van der Waals surface area contributed by atoms with E-state index in [1.807, 2.05) is 6.92 Å². The highest BCUT2D eigenvalue weighted by Gasteiger charge is 2.30. The zero-order valence-corrected chi connectivity index (χ0v) is 16.3. The molecule has 0 bridgehead atoms. The van der Waals surface area contributed by atoms with E-state index in [1.165, 1.54) is 23.1 Å². The molecular weight excluding hydrogens is 389 g/mol. The monoisotopic (exact) mass is 409 g/mol. The van der Waals surface area contributed by atoms with Crippen molar-refractivity contribution < 1.29 is 23.8 Å². The van der Waals surface area contributed by atoms with E-state index in [0.717, 1.165) is 18.9 Å². The molecule has 0 amide bonds. The molecule has 4 rings (SSSR count).